The minimum Gasteiger partial charge on any atom is -0.331 e. The van der Waals surface area contributed by atoms with Crippen molar-refractivity contribution >= 4 is 10.2 Å². The summed E-state index contributed by atoms with van der Waals surface area (Å²) in [6.45, 7) is 3.82. The molecule has 0 aliphatic rings. The van der Waals surface area contributed by atoms with Crippen molar-refractivity contribution in [1.29, 1.82) is 0 Å². The van der Waals surface area contributed by atoms with E-state index in [1.165, 1.54) is 107 Å². The van der Waals surface area contributed by atoms with E-state index in [0.717, 1.165) is 4.48 Å². The van der Waals surface area contributed by atoms with E-state index in [9.17, 15) is 0 Å². The summed E-state index contributed by atoms with van der Waals surface area (Å²) in [4.78, 5) is 0. The van der Waals surface area contributed by atoms with Gasteiger partial charge in [-0.05, 0) is 38.8 Å². The Morgan fingerprint density at radius 2 is 1.05 bits per heavy atom. The number of hydrogen-bond donors (Lipinski definition) is 1. The lowest BCUT2D eigenvalue weighted by Gasteiger charge is -2.23. The first-order valence-electron chi connectivity index (χ1n) is 9.57. The Morgan fingerprint density at radius 1 is 0.619 bits per heavy atom. The molecule has 0 fully saturated rings. The molecule has 0 spiro atoms. The third-order valence-corrected chi connectivity index (χ3v) is 4.85. The second-order valence-electron chi connectivity index (χ2n) is 7.65. The SMILES string of the molecule is C[N+](C)(C)CCCCCCCCCCCCNCCC[SiH3]. The molecular formula is C18H43N2Si+. The van der Waals surface area contributed by atoms with Gasteiger partial charge in [-0.3, -0.25) is 0 Å². The Hall–Kier alpha value is 0.137. The molecule has 1 N–H and O–H groups in total. The van der Waals surface area contributed by atoms with Gasteiger partial charge in [0.05, 0.1) is 27.7 Å². The zero-order valence-electron chi connectivity index (χ0n) is 15.6. The van der Waals surface area contributed by atoms with Crippen LogP contribution in [-0.2, 0) is 0 Å². The number of hydrogen-bond acceptors (Lipinski definition) is 1. The van der Waals surface area contributed by atoms with Gasteiger partial charge >= 0.3 is 0 Å². The largest absolute Gasteiger partial charge is 0.331 e. The molecule has 0 aromatic heterocycles. The van der Waals surface area contributed by atoms with Gasteiger partial charge in [0.15, 0.2) is 0 Å². The van der Waals surface area contributed by atoms with Gasteiger partial charge in [-0.25, -0.2) is 0 Å². The van der Waals surface area contributed by atoms with Gasteiger partial charge in [-0.1, -0.05) is 51.0 Å². The molecule has 0 aliphatic carbocycles. The van der Waals surface area contributed by atoms with Crippen LogP contribution in [0.4, 0.5) is 0 Å². The van der Waals surface area contributed by atoms with Crippen LogP contribution in [0.2, 0.25) is 6.04 Å². The highest BCUT2D eigenvalue weighted by molar-refractivity contribution is 6.08. The number of nitrogens with zero attached hydrogens (tertiary/aromatic N) is 1. The molecule has 128 valence electrons. The lowest BCUT2D eigenvalue weighted by atomic mass is 10.1. The third kappa shape index (κ3) is 20.1. The normalized spacial score (nSPS) is 12.1. The van der Waals surface area contributed by atoms with Crippen LogP contribution in [0.3, 0.4) is 0 Å². The number of quaternary nitrogens is 1. The van der Waals surface area contributed by atoms with Crippen molar-refractivity contribution in [3.05, 3.63) is 0 Å². The summed E-state index contributed by atoms with van der Waals surface area (Å²) in [7, 11) is 8.24. The van der Waals surface area contributed by atoms with Crippen LogP contribution in [0.15, 0.2) is 0 Å². The number of rotatable bonds is 16. The van der Waals surface area contributed by atoms with E-state index in [-0.39, 0.29) is 0 Å². The minimum atomic E-state index is 1.12. The monoisotopic (exact) mass is 315 g/mol. The Labute approximate surface area is 138 Å². The predicted octanol–water partition coefficient (Wildman–Crippen LogP) is 3.36. The molecule has 0 rings (SSSR count). The molecule has 21 heavy (non-hydrogen) atoms. The van der Waals surface area contributed by atoms with Crippen LogP contribution < -0.4 is 5.32 Å². The van der Waals surface area contributed by atoms with Crippen molar-refractivity contribution < 1.29 is 4.48 Å². The van der Waals surface area contributed by atoms with Crippen LogP contribution in [0, 0.1) is 0 Å². The molecule has 3 heteroatoms. The first-order chi connectivity index (χ1) is 10.1. The molecule has 0 aromatic carbocycles. The van der Waals surface area contributed by atoms with Crippen LogP contribution in [0.25, 0.3) is 0 Å². The average Bonchev–Trinajstić information content (AvgIpc) is 2.42. The van der Waals surface area contributed by atoms with Crippen molar-refractivity contribution in [3.8, 4) is 0 Å². The van der Waals surface area contributed by atoms with E-state index < -0.39 is 0 Å². The smallest absolute Gasteiger partial charge is 0.0780 e. The van der Waals surface area contributed by atoms with Gasteiger partial charge in [0.1, 0.15) is 0 Å². The number of nitrogens with one attached hydrogen (secondary N) is 1. The summed E-state index contributed by atoms with van der Waals surface area (Å²) in [6.07, 6.45) is 15.8. The Balaban J connectivity index is 3.00. The summed E-state index contributed by atoms with van der Waals surface area (Å²) < 4.78 is 1.12. The fourth-order valence-corrected chi connectivity index (χ4v) is 3.03. The lowest BCUT2D eigenvalue weighted by molar-refractivity contribution is -0.870. The molecule has 2 nitrogen and oxygen atoms in total. The topological polar surface area (TPSA) is 12.0 Å². The molecule has 0 saturated carbocycles. The molecule has 0 atom stereocenters. The van der Waals surface area contributed by atoms with Crippen LogP contribution in [-0.4, -0.2) is 55.5 Å². The van der Waals surface area contributed by atoms with E-state index >= 15 is 0 Å². The standard InChI is InChI=1S/C18H43N2Si/c1-20(2,3)17-13-11-9-7-5-4-6-8-10-12-15-19-16-14-18-21/h19H,4-18H2,1-3,21H3/q+1. The molecule has 0 unspecified atom stereocenters. The minimum absolute atomic E-state index is 1.12. The predicted molar refractivity (Wildman–Crippen MR) is 101 cm³/mol. The van der Waals surface area contributed by atoms with Gasteiger partial charge in [-0.15, -0.1) is 0 Å². The van der Waals surface area contributed by atoms with Crippen LogP contribution in [0.1, 0.15) is 70.6 Å². The zero-order valence-corrected chi connectivity index (χ0v) is 17.6. The molecule has 0 aromatic rings. The van der Waals surface area contributed by atoms with Gasteiger partial charge in [-0.2, -0.15) is 0 Å². The van der Waals surface area contributed by atoms with Gasteiger partial charge in [0, 0.05) is 10.2 Å². The summed E-state index contributed by atoms with van der Waals surface area (Å²) in [5.74, 6) is 0. The summed E-state index contributed by atoms with van der Waals surface area (Å²) in [5.41, 5.74) is 0. The van der Waals surface area contributed by atoms with Crippen molar-refractivity contribution in [2.75, 3.05) is 40.8 Å². The van der Waals surface area contributed by atoms with Gasteiger partial charge < -0.3 is 9.80 Å². The summed E-state index contributed by atoms with van der Waals surface area (Å²) in [6, 6.07) is 1.45. The van der Waals surface area contributed by atoms with Crippen molar-refractivity contribution in [1.82, 2.24) is 5.32 Å². The molecular weight excluding hydrogens is 272 g/mol. The Kier molecular flexibility index (Phi) is 15.1. The first-order valence-corrected chi connectivity index (χ1v) is 11.0. The molecule has 0 aliphatic heterocycles. The van der Waals surface area contributed by atoms with Crippen LogP contribution >= 0.6 is 0 Å². The third-order valence-electron chi connectivity index (χ3n) is 4.14. The van der Waals surface area contributed by atoms with Gasteiger partial charge in [0.2, 0.25) is 0 Å². The Bertz CT molecular complexity index is 202. The van der Waals surface area contributed by atoms with E-state index in [1.54, 1.807) is 0 Å². The van der Waals surface area contributed by atoms with Crippen LogP contribution in [0.5, 0.6) is 0 Å². The second kappa shape index (κ2) is 15.0. The first kappa shape index (κ1) is 21.1. The molecule has 0 bridgehead atoms. The second-order valence-corrected chi connectivity index (χ2v) is 8.65. The van der Waals surface area contributed by atoms with E-state index in [0.29, 0.717) is 0 Å². The van der Waals surface area contributed by atoms with E-state index in [1.807, 2.05) is 0 Å². The highest BCUT2D eigenvalue weighted by Crippen LogP contribution is 2.11. The maximum absolute atomic E-state index is 3.55. The highest BCUT2D eigenvalue weighted by Gasteiger charge is 2.04. The quantitative estimate of drug-likeness (QED) is 0.262. The number of unbranched alkanes of at least 4 members (excludes halogenated alkanes) is 9. The highest BCUT2D eigenvalue weighted by atomic mass is 28.1. The zero-order chi connectivity index (χ0) is 15.8. The maximum atomic E-state index is 3.55. The fourth-order valence-electron chi connectivity index (χ4n) is 2.68. The van der Waals surface area contributed by atoms with Crippen molar-refractivity contribution in [3.63, 3.8) is 0 Å². The molecule has 0 heterocycles. The molecule has 0 saturated heterocycles. The van der Waals surface area contributed by atoms with Crippen molar-refractivity contribution in [2.24, 2.45) is 0 Å². The lowest BCUT2D eigenvalue weighted by Crippen LogP contribution is -2.35. The van der Waals surface area contributed by atoms with Crippen molar-refractivity contribution in [2.45, 2.75) is 76.7 Å². The summed E-state index contributed by atoms with van der Waals surface area (Å²) >= 11 is 0. The van der Waals surface area contributed by atoms with E-state index in [4.69, 9.17) is 0 Å². The fraction of sp³-hybridized carbons (Fsp3) is 1.00. The maximum Gasteiger partial charge on any atom is 0.0780 e. The Morgan fingerprint density at radius 3 is 1.52 bits per heavy atom. The molecule has 0 amide bonds. The van der Waals surface area contributed by atoms with E-state index in [2.05, 4.69) is 26.5 Å². The molecule has 0 radical (unpaired) electrons. The van der Waals surface area contributed by atoms with Gasteiger partial charge in [0.25, 0.3) is 0 Å². The average molecular weight is 316 g/mol. The summed E-state index contributed by atoms with van der Waals surface area (Å²) in [5, 5.41) is 3.55.